The fraction of sp³-hybridized carbons (Fsp3) is 0.231. The highest BCUT2D eigenvalue weighted by atomic mass is 32.2. The minimum absolute atomic E-state index is 0.0866. The molecule has 1 amide bonds. The Balaban J connectivity index is 1.57. The van der Waals surface area contributed by atoms with Gasteiger partial charge in [0.25, 0.3) is 0 Å². The number of carbonyl (C=O) groups is 1. The lowest BCUT2D eigenvalue weighted by Gasteiger charge is -2.24. The number of hydrogen-bond acceptors (Lipinski definition) is 5. The molecule has 0 fully saturated rings. The SMILES string of the molecule is CCN(Cc1ccccc1)C(=O)C(C)Sc1nnc(-c2cccnc2)n1Cc1ccccc1. The van der Waals surface area contributed by atoms with E-state index in [-0.39, 0.29) is 11.2 Å². The Morgan fingerprint density at radius 1 is 0.970 bits per heavy atom. The van der Waals surface area contributed by atoms with Gasteiger partial charge in [-0.3, -0.25) is 14.3 Å². The predicted molar refractivity (Wildman–Crippen MR) is 132 cm³/mol. The second kappa shape index (κ2) is 10.9. The zero-order valence-corrected chi connectivity index (χ0v) is 19.7. The van der Waals surface area contributed by atoms with Crippen molar-refractivity contribution >= 4 is 17.7 Å². The van der Waals surface area contributed by atoms with E-state index in [4.69, 9.17) is 0 Å². The normalized spacial score (nSPS) is 11.8. The van der Waals surface area contributed by atoms with Crippen LogP contribution in [-0.4, -0.2) is 42.4 Å². The summed E-state index contributed by atoms with van der Waals surface area (Å²) in [5.74, 6) is 0.828. The van der Waals surface area contributed by atoms with Gasteiger partial charge in [0.2, 0.25) is 5.91 Å². The van der Waals surface area contributed by atoms with Gasteiger partial charge in [-0.25, -0.2) is 0 Å². The van der Waals surface area contributed by atoms with E-state index in [1.807, 2.05) is 79.4 Å². The minimum atomic E-state index is -0.297. The molecule has 0 N–H and O–H groups in total. The second-order valence-corrected chi connectivity index (χ2v) is 9.03. The van der Waals surface area contributed by atoms with E-state index < -0.39 is 0 Å². The van der Waals surface area contributed by atoms with Crippen molar-refractivity contribution < 1.29 is 4.79 Å². The highest BCUT2D eigenvalue weighted by Gasteiger charge is 2.24. The zero-order valence-electron chi connectivity index (χ0n) is 18.8. The van der Waals surface area contributed by atoms with E-state index in [9.17, 15) is 4.79 Å². The zero-order chi connectivity index (χ0) is 23.0. The summed E-state index contributed by atoms with van der Waals surface area (Å²) in [6.45, 7) is 5.81. The van der Waals surface area contributed by atoms with Crippen LogP contribution in [0.5, 0.6) is 0 Å². The van der Waals surface area contributed by atoms with Crippen LogP contribution < -0.4 is 0 Å². The Kier molecular flexibility index (Phi) is 7.52. The fourth-order valence-corrected chi connectivity index (χ4v) is 4.54. The summed E-state index contributed by atoms with van der Waals surface area (Å²) >= 11 is 1.45. The van der Waals surface area contributed by atoms with Crippen LogP contribution in [0.25, 0.3) is 11.4 Å². The average molecular weight is 458 g/mol. The van der Waals surface area contributed by atoms with Gasteiger partial charge in [-0.15, -0.1) is 10.2 Å². The molecule has 0 aliphatic carbocycles. The van der Waals surface area contributed by atoms with Crippen LogP contribution >= 0.6 is 11.8 Å². The Morgan fingerprint density at radius 2 is 1.67 bits per heavy atom. The molecule has 0 saturated heterocycles. The molecule has 0 radical (unpaired) electrons. The van der Waals surface area contributed by atoms with Gasteiger partial charge in [-0.2, -0.15) is 0 Å². The van der Waals surface area contributed by atoms with Crippen molar-refractivity contribution in [3.8, 4) is 11.4 Å². The molecule has 1 atom stereocenters. The monoisotopic (exact) mass is 457 g/mol. The largest absolute Gasteiger partial charge is 0.338 e. The summed E-state index contributed by atoms with van der Waals surface area (Å²) in [4.78, 5) is 19.4. The molecule has 7 heteroatoms. The van der Waals surface area contributed by atoms with Crippen LogP contribution in [0.1, 0.15) is 25.0 Å². The Bertz CT molecular complexity index is 1170. The summed E-state index contributed by atoms with van der Waals surface area (Å²) in [5.41, 5.74) is 3.16. The van der Waals surface area contributed by atoms with Gasteiger partial charge in [0.15, 0.2) is 11.0 Å². The molecule has 2 heterocycles. The van der Waals surface area contributed by atoms with Crippen molar-refractivity contribution in [2.45, 2.75) is 37.3 Å². The molecule has 4 rings (SSSR count). The van der Waals surface area contributed by atoms with Crippen LogP contribution in [0.4, 0.5) is 0 Å². The van der Waals surface area contributed by atoms with E-state index in [1.54, 1.807) is 12.4 Å². The minimum Gasteiger partial charge on any atom is -0.338 e. The summed E-state index contributed by atoms with van der Waals surface area (Å²) in [7, 11) is 0. The third kappa shape index (κ3) is 5.68. The van der Waals surface area contributed by atoms with Gasteiger partial charge in [0.1, 0.15) is 0 Å². The van der Waals surface area contributed by atoms with Gasteiger partial charge in [0, 0.05) is 31.0 Å². The van der Waals surface area contributed by atoms with E-state index in [0.717, 1.165) is 22.5 Å². The lowest BCUT2D eigenvalue weighted by molar-refractivity contribution is -0.130. The topological polar surface area (TPSA) is 63.9 Å². The van der Waals surface area contributed by atoms with E-state index in [0.29, 0.717) is 24.8 Å². The Morgan fingerprint density at radius 3 is 2.30 bits per heavy atom. The van der Waals surface area contributed by atoms with Gasteiger partial charge >= 0.3 is 0 Å². The molecule has 0 spiro atoms. The molecule has 2 aromatic heterocycles. The average Bonchev–Trinajstić information content (AvgIpc) is 3.25. The molecule has 168 valence electrons. The van der Waals surface area contributed by atoms with Gasteiger partial charge in [0.05, 0.1) is 11.8 Å². The molecule has 33 heavy (non-hydrogen) atoms. The first-order valence-corrected chi connectivity index (χ1v) is 11.9. The van der Waals surface area contributed by atoms with Crippen molar-refractivity contribution in [1.82, 2.24) is 24.6 Å². The number of aromatic nitrogens is 4. The first-order valence-electron chi connectivity index (χ1n) is 11.0. The molecular formula is C26H27N5OS. The smallest absolute Gasteiger partial charge is 0.236 e. The first-order chi connectivity index (χ1) is 16.2. The summed E-state index contributed by atoms with van der Waals surface area (Å²) in [6.07, 6.45) is 3.52. The molecule has 0 aliphatic rings. The number of thioether (sulfide) groups is 1. The Hall–Kier alpha value is -3.45. The van der Waals surface area contributed by atoms with Crippen molar-refractivity contribution in [3.63, 3.8) is 0 Å². The number of hydrogen-bond donors (Lipinski definition) is 0. The summed E-state index contributed by atoms with van der Waals surface area (Å²) in [6, 6.07) is 24.1. The summed E-state index contributed by atoms with van der Waals surface area (Å²) in [5, 5.41) is 9.33. The number of amides is 1. The molecule has 0 saturated carbocycles. The van der Waals surface area contributed by atoms with Crippen LogP contribution in [0.15, 0.2) is 90.3 Å². The van der Waals surface area contributed by atoms with Crippen LogP contribution in [0, 0.1) is 0 Å². The molecular weight excluding hydrogens is 430 g/mol. The third-order valence-corrected chi connectivity index (χ3v) is 6.43. The predicted octanol–water partition coefficient (Wildman–Crippen LogP) is 4.92. The van der Waals surface area contributed by atoms with E-state index in [1.165, 1.54) is 11.8 Å². The quantitative estimate of drug-likeness (QED) is 0.334. The van der Waals surface area contributed by atoms with Gasteiger partial charge in [-0.1, -0.05) is 72.4 Å². The van der Waals surface area contributed by atoms with Gasteiger partial charge in [-0.05, 0) is 37.1 Å². The number of pyridine rings is 1. The number of nitrogens with zero attached hydrogens (tertiary/aromatic N) is 5. The van der Waals surface area contributed by atoms with Crippen LogP contribution in [0.2, 0.25) is 0 Å². The highest BCUT2D eigenvalue weighted by molar-refractivity contribution is 8.00. The molecule has 1 unspecified atom stereocenters. The lowest BCUT2D eigenvalue weighted by Crippen LogP contribution is -2.36. The van der Waals surface area contributed by atoms with E-state index >= 15 is 0 Å². The van der Waals surface area contributed by atoms with Crippen LogP contribution in [-0.2, 0) is 17.9 Å². The Labute approximate surface area is 198 Å². The second-order valence-electron chi connectivity index (χ2n) is 7.72. The number of rotatable bonds is 9. The maximum Gasteiger partial charge on any atom is 0.236 e. The molecule has 4 aromatic rings. The van der Waals surface area contributed by atoms with Crippen molar-refractivity contribution in [3.05, 3.63) is 96.3 Å². The third-order valence-electron chi connectivity index (χ3n) is 5.36. The van der Waals surface area contributed by atoms with Gasteiger partial charge < -0.3 is 4.90 Å². The molecule has 0 bridgehead atoms. The maximum atomic E-state index is 13.3. The number of benzene rings is 2. The molecule has 0 aliphatic heterocycles. The summed E-state index contributed by atoms with van der Waals surface area (Å²) < 4.78 is 2.06. The van der Waals surface area contributed by atoms with Crippen molar-refractivity contribution in [1.29, 1.82) is 0 Å². The molecule has 2 aromatic carbocycles. The van der Waals surface area contributed by atoms with Crippen molar-refractivity contribution in [2.24, 2.45) is 0 Å². The standard InChI is InChI=1S/C26H27N5OS/c1-3-30(18-21-11-6-4-7-12-21)25(32)20(2)33-26-29-28-24(23-15-10-16-27-17-23)31(26)19-22-13-8-5-9-14-22/h4-17,20H,3,18-19H2,1-2H3. The van der Waals surface area contributed by atoms with Crippen molar-refractivity contribution in [2.75, 3.05) is 6.54 Å². The number of carbonyl (C=O) groups excluding carboxylic acids is 1. The first kappa shape index (κ1) is 22.7. The maximum absolute atomic E-state index is 13.3. The van der Waals surface area contributed by atoms with Crippen LogP contribution in [0.3, 0.4) is 0 Å². The lowest BCUT2D eigenvalue weighted by atomic mass is 10.2. The molecule has 6 nitrogen and oxygen atoms in total. The highest BCUT2D eigenvalue weighted by Crippen LogP contribution is 2.28. The fourth-order valence-electron chi connectivity index (χ4n) is 3.61. The van der Waals surface area contributed by atoms with E-state index in [2.05, 4.69) is 31.9 Å².